The van der Waals surface area contributed by atoms with Crippen molar-refractivity contribution in [1.29, 1.82) is 0 Å². The smallest absolute Gasteiger partial charge is 0.411 e. The van der Waals surface area contributed by atoms with Crippen molar-refractivity contribution in [3.05, 3.63) is 42.5 Å². The van der Waals surface area contributed by atoms with Gasteiger partial charge in [0.25, 0.3) is 0 Å². The van der Waals surface area contributed by atoms with Gasteiger partial charge in [-0.3, -0.25) is 14.9 Å². The van der Waals surface area contributed by atoms with Gasteiger partial charge in [0, 0.05) is 17.5 Å². The van der Waals surface area contributed by atoms with E-state index in [1.165, 1.54) is 25.3 Å². The summed E-state index contributed by atoms with van der Waals surface area (Å²) in [6, 6.07) is 7.29. The predicted octanol–water partition coefficient (Wildman–Crippen LogP) is 5.61. The predicted molar refractivity (Wildman–Crippen MR) is 148 cm³/mol. The highest BCUT2D eigenvalue weighted by atomic mass is 35.5. The molecule has 6 rings (SSSR count). The Labute approximate surface area is 231 Å². The number of anilines is 1. The monoisotopic (exact) mass is 544 g/mol. The van der Waals surface area contributed by atoms with Crippen molar-refractivity contribution in [2.75, 3.05) is 18.5 Å². The van der Waals surface area contributed by atoms with Crippen molar-refractivity contribution >= 4 is 35.9 Å². The van der Waals surface area contributed by atoms with Crippen molar-refractivity contribution in [1.82, 2.24) is 5.32 Å². The molecular weight excluding hydrogens is 504 g/mol. The van der Waals surface area contributed by atoms with Crippen molar-refractivity contribution in [2.45, 2.75) is 82.8 Å². The van der Waals surface area contributed by atoms with E-state index in [9.17, 15) is 14.4 Å². The van der Waals surface area contributed by atoms with Crippen LogP contribution in [0.2, 0.25) is 0 Å². The number of hydrogen-bond donors (Lipinski definition) is 2. The maximum atomic E-state index is 13.8. The lowest BCUT2D eigenvalue weighted by Gasteiger charge is -2.56. The Bertz CT molecular complexity index is 969. The number of Topliss-reactive ketones (excluding diaryl/α,β-unsaturated/α-hetero) is 1. The van der Waals surface area contributed by atoms with Crippen LogP contribution in [0.3, 0.4) is 0 Å². The van der Waals surface area contributed by atoms with Gasteiger partial charge in [0.05, 0.1) is 0 Å². The molecule has 1 amide bonds. The molecule has 1 saturated heterocycles. The van der Waals surface area contributed by atoms with E-state index in [1.54, 1.807) is 0 Å². The zero-order valence-electron chi connectivity index (χ0n) is 22.1. The van der Waals surface area contributed by atoms with Crippen LogP contribution in [0.15, 0.2) is 36.9 Å². The molecule has 2 N–H and O–H groups in total. The normalized spacial score (nSPS) is 29.7. The van der Waals surface area contributed by atoms with E-state index >= 15 is 0 Å². The van der Waals surface area contributed by atoms with Crippen molar-refractivity contribution in [3.63, 3.8) is 0 Å². The van der Waals surface area contributed by atoms with E-state index in [0.717, 1.165) is 44.2 Å². The lowest BCUT2D eigenvalue weighted by Crippen LogP contribution is -2.50. The molecule has 208 valence electrons. The molecule has 1 heterocycles. The molecule has 1 aromatic rings. The third-order valence-corrected chi connectivity index (χ3v) is 8.96. The number of carbonyl (C=O) groups excluding carboxylic acids is 3. The molecule has 38 heavy (non-hydrogen) atoms. The number of hydrogen-bond acceptors (Lipinski definition) is 6. The maximum absolute atomic E-state index is 13.8. The summed E-state index contributed by atoms with van der Waals surface area (Å²) in [7, 11) is 0. The minimum absolute atomic E-state index is 0. The second kappa shape index (κ2) is 12.6. The van der Waals surface area contributed by atoms with Gasteiger partial charge in [0.2, 0.25) is 0 Å². The van der Waals surface area contributed by atoms with E-state index in [2.05, 4.69) is 17.2 Å². The van der Waals surface area contributed by atoms with Crippen molar-refractivity contribution in [3.8, 4) is 0 Å². The Morgan fingerprint density at radius 2 is 1.74 bits per heavy atom. The average molecular weight is 545 g/mol. The van der Waals surface area contributed by atoms with Gasteiger partial charge in [-0.1, -0.05) is 24.8 Å². The molecule has 0 radical (unpaired) electrons. The van der Waals surface area contributed by atoms with Gasteiger partial charge in [-0.05, 0) is 106 Å². The van der Waals surface area contributed by atoms with Crippen LogP contribution in [0.5, 0.6) is 0 Å². The zero-order chi connectivity index (χ0) is 25.8. The lowest BCUT2D eigenvalue weighted by atomic mass is 9.48. The Hall–Kier alpha value is -2.38. The molecule has 1 aromatic carbocycles. The largest absolute Gasteiger partial charge is 0.461 e. The highest BCUT2D eigenvalue weighted by molar-refractivity contribution is 5.86. The molecular formula is C30H41ClN2O5. The number of nitrogens with one attached hydrogen (secondary N) is 2. The van der Waals surface area contributed by atoms with E-state index in [-0.39, 0.29) is 36.4 Å². The summed E-state index contributed by atoms with van der Waals surface area (Å²) in [4.78, 5) is 38.4. The SMILES string of the molecule is C=CCOC(=O)Nc1ccc(CCC(CC(=O)C23CC4CC(CC(C4)C2)C3)OC(=O)[C@@H]2CCCN2)cc1.Cl. The minimum Gasteiger partial charge on any atom is -0.461 e. The van der Waals surface area contributed by atoms with Gasteiger partial charge in [-0.2, -0.15) is 0 Å². The summed E-state index contributed by atoms with van der Waals surface area (Å²) in [5.74, 6) is 2.22. The fourth-order valence-electron chi connectivity index (χ4n) is 7.58. The van der Waals surface area contributed by atoms with Gasteiger partial charge >= 0.3 is 12.1 Å². The van der Waals surface area contributed by atoms with E-state index < -0.39 is 12.2 Å². The van der Waals surface area contributed by atoms with Gasteiger partial charge in [0.15, 0.2) is 0 Å². The Morgan fingerprint density at radius 1 is 1.08 bits per heavy atom. The Kier molecular flexibility index (Phi) is 9.53. The third kappa shape index (κ3) is 6.78. The highest BCUT2D eigenvalue weighted by Crippen LogP contribution is 2.60. The molecule has 0 spiro atoms. The number of ketones is 1. The number of rotatable bonds is 11. The number of benzene rings is 1. The highest BCUT2D eigenvalue weighted by Gasteiger charge is 2.54. The summed E-state index contributed by atoms with van der Waals surface area (Å²) in [6.07, 6.45) is 10.9. The first-order valence-corrected chi connectivity index (χ1v) is 14.0. The summed E-state index contributed by atoms with van der Waals surface area (Å²) >= 11 is 0. The van der Waals surface area contributed by atoms with Crippen LogP contribution in [0.1, 0.15) is 69.8 Å². The van der Waals surface area contributed by atoms with Crippen LogP contribution in [-0.2, 0) is 25.5 Å². The number of halogens is 1. The van der Waals surface area contributed by atoms with Crippen LogP contribution in [0.4, 0.5) is 10.5 Å². The van der Waals surface area contributed by atoms with Crippen LogP contribution in [0, 0.1) is 23.2 Å². The molecule has 1 aliphatic heterocycles. The topological polar surface area (TPSA) is 93.7 Å². The molecule has 0 aromatic heterocycles. The summed E-state index contributed by atoms with van der Waals surface area (Å²) in [5, 5.41) is 5.91. The van der Waals surface area contributed by atoms with Gasteiger partial charge in [-0.25, -0.2) is 4.79 Å². The van der Waals surface area contributed by atoms with E-state index in [4.69, 9.17) is 9.47 Å². The number of amides is 1. The van der Waals surface area contributed by atoms with Crippen molar-refractivity contribution in [2.24, 2.45) is 23.2 Å². The fourth-order valence-corrected chi connectivity index (χ4v) is 7.58. The van der Waals surface area contributed by atoms with Crippen LogP contribution >= 0.6 is 12.4 Å². The first-order valence-electron chi connectivity index (χ1n) is 14.0. The fraction of sp³-hybridized carbons (Fsp3) is 0.633. The first kappa shape index (κ1) is 28.6. The zero-order valence-corrected chi connectivity index (χ0v) is 22.9. The first-order chi connectivity index (χ1) is 17.9. The summed E-state index contributed by atoms with van der Waals surface area (Å²) < 4.78 is 11.0. The van der Waals surface area contributed by atoms with Gasteiger partial charge < -0.3 is 14.8 Å². The third-order valence-electron chi connectivity index (χ3n) is 8.96. The quantitative estimate of drug-likeness (QED) is 0.277. The molecule has 5 aliphatic rings. The molecule has 8 heteroatoms. The summed E-state index contributed by atoms with van der Waals surface area (Å²) in [5.41, 5.74) is 1.52. The van der Waals surface area contributed by atoms with Gasteiger partial charge in [0.1, 0.15) is 24.5 Å². The molecule has 4 aliphatic carbocycles. The second-order valence-electron chi connectivity index (χ2n) is 11.8. The lowest BCUT2D eigenvalue weighted by molar-refractivity contribution is -0.156. The summed E-state index contributed by atoms with van der Waals surface area (Å²) in [6.45, 7) is 4.52. The number of carbonyl (C=O) groups is 3. The maximum Gasteiger partial charge on any atom is 0.411 e. The molecule has 5 fully saturated rings. The number of esters is 1. The molecule has 1 unspecified atom stereocenters. The minimum atomic E-state index is -0.525. The number of ether oxygens (including phenoxy) is 2. The Balaban J connectivity index is 0.00000336. The molecule has 7 nitrogen and oxygen atoms in total. The number of aryl methyl sites for hydroxylation is 1. The average Bonchev–Trinajstić information content (AvgIpc) is 3.41. The van der Waals surface area contributed by atoms with E-state index in [0.29, 0.717) is 48.5 Å². The standard InChI is InChI=1S/C30H40N2O5.ClH/c1-2-12-36-29(35)32-24-8-5-20(6-9-24)7-10-25(37-28(34)26-4-3-11-31-26)16-27(33)30-17-21-13-22(18-30)15-23(14-21)19-30;/h2,5-6,8-9,21-23,25-26,31H,1,3-4,7,10-19H2,(H,32,35);1H/t21?,22?,23?,25?,26-,30?;/m0./s1. The molecule has 2 atom stereocenters. The van der Waals surface area contributed by atoms with Crippen LogP contribution in [0.25, 0.3) is 0 Å². The molecule has 4 saturated carbocycles. The molecule has 4 bridgehead atoms. The van der Waals surface area contributed by atoms with Crippen LogP contribution in [-0.4, -0.2) is 43.1 Å². The van der Waals surface area contributed by atoms with Crippen LogP contribution < -0.4 is 10.6 Å². The van der Waals surface area contributed by atoms with Crippen molar-refractivity contribution < 1.29 is 23.9 Å². The van der Waals surface area contributed by atoms with E-state index in [1.807, 2.05) is 24.3 Å². The Morgan fingerprint density at radius 3 is 2.32 bits per heavy atom. The second-order valence-corrected chi connectivity index (χ2v) is 11.8. The van der Waals surface area contributed by atoms with Gasteiger partial charge in [-0.15, -0.1) is 12.4 Å².